The number of aliphatic hydroxyl groups excluding tert-OH is 1. The molecule has 66 valence electrons. The minimum Gasteiger partial charge on any atom is -0.387 e. The van der Waals surface area contributed by atoms with E-state index in [2.05, 4.69) is 0 Å². The lowest BCUT2D eigenvalue weighted by molar-refractivity contribution is 0.177. The van der Waals surface area contributed by atoms with Crippen LogP contribution in [-0.4, -0.2) is 10.5 Å². The van der Waals surface area contributed by atoms with Crippen LogP contribution in [0, 0.1) is 5.82 Å². The normalized spacial score (nSPS) is 15.7. The molecule has 1 aromatic rings. The Bertz CT molecular complexity index is 245. The molecule has 0 aliphatic carbocycles. The summed E-state index contributed by atoms with van der Waals surface area (Å²) in [6.07, 6.45) is -0.729. The molecule has 3 heteroatoms. The van der Waals surface area contributed by atoms with E-state index in [0.717, 1.165) is 0 Å². The van der Waals surface area contributed by atoms with Gasteiger partial charge in [-0.05, 0) is 24.6 Å². The summed E-state index contributed by atoms with van der Waals surface area (Å²) in [7, 11) is 0. The van der Waals surface area contributed by atoms with Gasteiger partial charge < -0.3 is 5.11 Å². The predicted molar refractivity (Wildman–Crippen MR) is 46.7 cm³/mol. The van der Waals surface area contributed by atoms with Crippen molar-refractivity contribution < 1.29 is 9.50 Å². The Balaban J connectivity index is 2.82. The van der Waals surface area contributed by atoms with Crippen molar-refractivity contribution in [3.63, 3.8) is 0 Å². The van der Waals surface area contributed by atoms with Crippen molar-refractivity contribution in [2.45, 2.75) is 18.4 Å². The zero-order chi connectivity index (χ0) is 9.14. The lowest BCUT2D eigenvalue weighted by Crippen LogP contribution is -2.07. The van der Waals surface area contributed by atoms with E-state index in [1.807, 2.05) is 0 Å². The molecule has 0 aliphatic heterocycles. The molecule has 0 radical (unpaired) electrons. The molecule has 0 aromatic heterocycles. The van der Waals surface area contributed by atoms with Crippen molar-refractivity contribution in [3.8, 4) is 0 Å². The highest BCUT2D eigenvalue weighted by atomic mass is 35.5. The first-order valence-corrected chi connectivity index (χ1v) is 4.12. The van der Waals surface area contributed by atoms with Gasteiger partial charge in [0, 0.05) is 0 Å². The summed E-state index contributed by atoms with van der Waals surface area (Å²) in [5.74, 6) is -0.312. The number of rotatable bonds is 2. The standard InChI is InChI=1S/C9H10ClFO/c1-6(10)9(12)7-2-4-8(11)5-3-7/h2-6,9,12H,1H3/t6-,9-/m0/s1. The summed E-state index contributed by atoms with van der Waals surface area (Å²) in [6, 6.07) is 5.66. The van der Waals surface area contributed by atoms with Crippen molar-refractivity contribution >= 4 is 11.6 Å². The second-order valence-corrected chi connectivity index (χ2v) is 3.36. The summed E-state index contributed by atoms with van der Waals surface area (Å²) in [4.78, 5) is 0. The third-order valence-electron chi connectivity index (χ3n) is 1.65. The van der Waals surface area contributed by atoms with Crippen LogP contribution < -0.4 is 0 Å². The van der Waals surface area contributed by atoms with E-state index in [0.29, 0.717) is 5.56 Å². The van der Waals surface area contributed by atoms with Gasteiger partial charge in [-0.15, -0.1) is 11.6 Å². The smallest absolute Gasteiger partial charge is 0.123 e. The molecule has 0 heterocycles. The van der Waals surface area contributed by atoms with Gasteiger partial charge in [0.25, 0.3) is 0 Å². The van der Waals surface area contributed by atoms with Gasteiger partial charge in [-0.25, -0.2) is 4.39 Å². The molecular formula is C9H10ClFO. The van der Waals surface area contributed by atoms with Gasteiger partial charge >= 0.3 is 0 Å². The number of alkyl halides is 1. The number of halogens is 2. The molecule has 2 atom stereocenters. The van der Waals surface area contributed by atoms with E-state index >= 15 is 0 Å². The molecule has 0 amide bonds. The Morgan fingerprint density at radius 1 is 1.33 bits per heavy atom. The summed E-state index contributed by atoms with van der Waals surface area (Å²) in [5, 5.41) is 9.07. The highest BCUT2D eigenvalue weighted by molar-refractivity contribution is 6.20. The topological polar surface area (TPSA) is 20.2 Å². The van der Waals surface area contributed by atoms with Crippen molar-refractivity contribution in [2.24, 2.45) is 0 Å². The fourth-order valence-electron chi connectivity index (χ4n) is 0.925. The Hall–Kier alpha value is -0.600. The average molecular weight is 189 g/mol. The van der Waals surface area contributed by atoms with E-state index in [1.54, 1.807) is 6.92 Å². The van der Waals surface area contributed by atoms with Crippen LogP contribution in [0.3, 0.4) is 0 Å². The van der Waals surface area contributed by atoms with Crippen LogP contribution in [0.5, 0.6) is 0 Å². The fraction of sp³-hybridized carbons (Fsp3) is 0.333. The third-order valence-corrected chi connectivity index (χ3v) is 1.89. The number of hydrogen-bond acceptors (Lipinski definition) is 1. The Morgan fingerprint density at radius 3 is 2.25 bits per heavy atom. The van der Waals surface area contributed by atoms with Crippen LogP contribution in [0.15, 0.2) is 24.3 Å². The molecule has 0 fully saturated rings. The predicted octanol–water partition coefficient (Wildman–Crippen LogP) is 2.49. The first-order chi connectivity index (χ1) is 5.61. The van der Waals surface area contributed by atoms with Gasteiger partial charge in [-0.3, -0.25) is 0 Å². The lowest BCUT2D eigenvalue weighted by atomic mass is 10.1. The molecule has 1 aromatic carbocycles. The van der Waals surface area contributed by atoms with Gasteiger partial charge in [-0.1, -0.05) is 12.1 Å². The van der Waals surface area contributed by atoms with E-state index in [9.17, 15) is 9.50 Å². The first kappa shape index (κ1) is 9.49. The van der Waals surface area contributed by atoms with Crippen LogP contribution in [0.4, 0.5) is 4.39 Å². The van der Waals surface area contributed by atoms with Crippen molar-refractivity contribution in [1.29, 1.82) is 0 Å². The fourth-order valence-corrected chi connectivity index (χ4v) is 1.07. The summed E-state index contributed by atoms with van der Waals surface area (Å²) >= 11 is 5.66. The molecule has 1 nitrogen and oxygen atoms in total. The molecule has 0 saturated carbocycles. The Kier molecular flexibility index (Phi) is 3.06. The monoisotopic (exact) mass is 188 g/mol. The van der Waals surface area contributed by atoms with Crippen LogP contribution >= 0.6 is 11.6 Å². The van der Waals surface area contributed by atoms with Crippen LogP contribution in [-0.2, 0) is 0 Å². The molecule has 1 rings (SSSR count). The van der Waals surface area contributed by atoms with Gasteiger partial charge in [0.1, 0.15) is 5.82 Å². The van der Waals surface area contributed by atoms with E-state index in [4.69, 9.17) is 11.6 Å². The maximum absolute atomic E-state index is 12.4. The maximum atomic E-state index is 12.4. The van der Waals surface area contributed by atoms with E-state index in [-0.39, 0.29) is 11.2 Å². The van der Waals surface area contributed by atoms with Crippen molar-refractivity contribution in [1.82, 2.24) is 0 Å². The zero-order valence-corrected chi connectivity index (χ0v) is 7.42. The minimum absolute atomic E-state index is 0.312. The second-order valence-electron chi connectivity index (χ2n) is 2.67. The van der Waals surface area contributed by atoms with Gasteiger partial charge in [-0.2, -0.15) is 0 Å². The van der Waals surface area contributed by atoms with Crippen LogP contribution in [0.1, 0.15) is 18.6 Å². The molecule has 0 aliphatic rings. The minimum atomic E-state index is -0.729. The maximum Gasteiger partial charge on any atom is 0.123 e. The summed E-state index contributed by atoms with van der Waals surface area (Å²) in [5.41, 5.74) is 0.638. The third kappa shape index (κ3) is 2.19. The molecular weight excluding hydrogens is 179 g/mol. The Labute approximate surface area is 75.8 Å². The lowest BCUT2D eigenvalue weighted by Gasteiger charge is -2.12. The quantitative estimate of drug-likeness (QED) is 0.707. The second kappa shape index (κ2) is 3.87. The molecule has 0 unspecified atom stereocenters. The summed E-state index contributed by atoms with van der Waals surface area (Å²) in [6.45, 7) is 1.69. The van der Waals surface area contributed by atoms with Gasteiger partial charge in [0.2, 0.25) is 0 Å². The molecule has 12 heavy (non-hydrogen) atoms. The van der Waals surface area contributed by atoms with Crippen LogP contribution in [0.2, 0.25) is 0 Å². The first-order valence-electron chi connectivity index (χ1n) is 3.69. The average Bonchev–Trinajstić information content (AvgIpc) is 2.04. The Morgan fingerprint density at radius 2 is 1.83 bits per heavy atom. The van der Waals surface area contributed by atoms with Gasteiger partial charge in [0.05, 0.1) is 11.5 Å². The van der Waals surface area contributed by atoms with Crippen molar-refractivity contribution in [3.05, 3.63) is 35.6 Å². The van der Waals surface area contributed by atoms with Crippen LogP contribution in [0.25, 0.3) is 0 Å². The highest BCUT2D eigenvalue weighted by Crippen LogP contribution is 2.20. The molecule has 0 bridgehead atoms. The van der Waals surface area contributed by atoms with E-state index in [1.165, 1.54) is 24.3 Å². The molecule has 1 N–H and O–H groups in total. The SMILES string of the molecule is C[C@H](Cl)[C@H](O)c1ccc(F)cc1. The highest BCUT2D eigenvalue weighted by Gasteiger charge is 2.12. The summed E-state index contributed by atoms with van der Waals surface area (Å²) < 4.78 is 12.4. The number of hydrogen-bond donors (Lipinski definition) is 1. The molecule has 0 spiro atoms. The largest absolute Gasteiger partial charge is 0.387 e. The van der Waals surface area contributed by atoms with Crippen molar-refractivity contribution in [2.75, 3.05) is 0 Å². The van der Waals surface area contributed by atoms with Gasteiger partial charge in [0.15, 0.2) is 0 Å². The molecule has 0 saturated heterocycles. The zero-order valence-electron chi connectivity index (χ0n) is 6.67. The number of benzene rings is 1. The number of aliphatic hydroxyl groups is 1. The van der Waals surface area contributed by atoms with E-state index < -0.39 is 6.10 Å².